The van der Waals surface area contributed by atoms with Gasteiger partial charge in [-0.05, 0) is 24.3 Å². The first-order valence-corrected chi connectivity index (χ1v) is 9.20. The molecule has 0 amide bonds. The van der Waals surface area contributed by atoms with Crippen LogP contribution in [-0.4, -0.2) is 11.6 Å². The van der Waals surface area contributed by atoms with Crippen LogP contribution in [0.1, 0.15) is 25.9 Å². The van der Waals surface area contributed by atoms with E-state index < -0.39 is 5.63 Å². The maximum Gasteiger partial charge on any atom is 0.380 e. The molecule has 0 saturated heterocycles. The molecule has 0 saturated carbocycles. The smallest absolute Gasteiger partial charge is 0.380 e. The standard InChI is InChI=1S/C25H15O4.ClH/c26-20(16-9-3-1-4-10-16)15-19-22-24(29-23(19)17-11-5-2-6-12-17)18-13-7-8-14-21(18)28-25(22)27;/h1-15H;1H/q+1;/p-1. The SMILES string of the molecule is O=C(C=C1C(c2ccccc2)=[O+]c2c1c(=O)oc1ccccc21)c1ccccc1.[Cl-]. The Balaban J connectivity index is 0.00000218. The van der Waals surface area contributed by atoms with E-state index in [0.717, 1.165) is 5.56 Å². The van der Waals surface area contributed by atoms with Crippen molar-refractivity contribution in [2.24, 2.45) is 0 Å². The van der Waals surface area contributed by atoms with E-state index in [1.807, 2.05) is 48.5 Å². The van der Waals surface area contributed by atoms with E-state index in [9.17, 15) is 9.59 Å². The van der Waals surface area contributed by atoms with E-state index in [4.69, 9.17) is 8.84 Å². The number of benzene rings is 3. The summed E-state index contributed by atoms with van der Waals surface area (Å²) >= 11 is 0. The van der Waals surface area contributed by atoms with E-state index in [2.05, 4.69) is 0 Å². The van der Waals surface area contributed by atoms with Gasteiger partial charge in [0.05, 0.1) is 5.56 Å². The van der Waals surface area contributed by atoms with Crippen LogP contribution in [0.15, 0.2) is 100 Å². The third-order valence-corrected chi connectivity index (χ3v) is 4.85. The highest BCUT2D eigenvalue weighted by atomic mass is 35.5. The van der Waals surface area contributed by atoms with Crippen molar-refractivity contribution in [1.29, 1.82) is 0 Å². The van der Waals surface area contributed by atoms with Crippen molar-refractivity contribution in [2.45, 2.75) is 0 Å². The zero-order valence-electron chi connectivity index (χ0n) is 15.7. The molecule has 30 heavy (non-hydrogen) atoms. The highest BCUT2D eigenvalue weighted by molar-refractivity contribution is 6.35. The van der Waals surface area contributed by atoms with Crippen molar-refractivity contribution in [3.8, 4) is 5.75 Å². The quantitative estimate of drug-likeness (QED) is 0.223. The maximum absolute atomic E-state index is 12.9. The molecule has 0 spiro atoms. The van der Waals surface area contributed by atoms with Crippen molar-refractivity contribution in [2.75, 3.05) is 0 Å². The van der Waals surface area contributed by atoms with Crippen LogP contribution in [0.2, 0.25) is 0 Å². The van der Waals surface area contributed by atoms with Crippen molar-refractivity contribution >= 4 is 28.1 Å². The van der Waals surface area contributed by atoms with Crippen molar-refractivity contribution in [3.63, 3.8) is 0 Å². The number of rotatable bonds is 3. The largest absolute Gasteiger partial charge is 1.00 e. The fourth-order valence-electron chi connectivity index (χ4n) is 3.49. The molecule has 3 aromatic carbocycles. The predicted octanol–water partition coefficient (Wildman–Crippen LogP) is 2.21. The second-order valence-electron chi connectivity index (χ2n) is 6.68. The normalized spacial score (nSPS) is 13.6. The zero-order chi connectivity index (χ0) is 19.8. The molecule has 1 aliphatic heterocycles. The fraction of sp³-hybridized carbons (Fsp3) is 0. The summed E-state index contributed by atoms with van der Waals surface area (Å²) in [5.74, 6) is 0.675. The zero-order valence-corrected chi connectivity index (χ0v) is 16.4. The van der Waals surface area contributed by atoms with Gasteiger partial charge in [-0.25, -0.2) is 9.22 Å². The summed E-state index contributed by atoms with van der Waals surface area (Å²) in [6.45, 7) is 0. The van der Waals surface area contributed by atoms with E-state index >= 15 is 0 Å². The highest BCUT2D eigenvalue weighted by Crippen LogP contribution is 2.41. The van der Waals surface area contributed by atoms with Crippen LogP contribution in [0.5, 0.6) is 5.75 Å². The number of para-hydroxylation sites is 1. The average molecular weight is 415 g/mol. The Morgan fingerprint density at radius 2 is 1.47 bits per heavy atom. The average Bonchev–Trinajstić information content (AvgIpc) is 3.15. The molecule has 5 heteroatoms. The third kappa shape index (κ3) is 3.27. The Bertz CT molecular complexity index is 1370. The Labute approximate surface area is 178 Å². The number of hydrogen-bond acceptors (Lipinski definition) is 3. The summed E-state index contributed by atoms with van der Waals surface area (Å²) in [6.07, 6.45) is 1.45. The minimum atomic E-state index is -0.531. The molecule has 0 radical (unpaired) electrons. The number of hydrogen-bond donors (Lipinski definition) is 0. The Morgan fingerprint density at radius 3 is 2.20 bits per heavy atom. The maximum atomic E-state index is 12.9. The second kappa shape index (κ2) is 7.93. The highest BCUT2D eigenvalue weighted by Gasteiger charge is 2.41. The van der Waals surface area contributed by atoms with Gasteiger partial charge in [0.2, 0.25) is 0 Å². The lowest BCUT2D eigenvalue weighted by molar-refractivity contribution is -0.157. The van der Waals surface area contributed by atoms with Gasteiger partial charge in [0.25, 0.3) is 0 Å². The first kappa shape index (κ1) is 19.6. The second-order valence-corrected chi connectivity index (χ2v) is 6.68. The molecule has 1 aromatic heterocycles. The van der Waals surface area contributed by atoms with Crippen LogP contribution in [0.3, 0.4) is 0 Å². The molecule has 4 nitrogen and oxygen atoms in total. The monoisotopic (exact) mass is 414 g/mol. The first-order valence-electron chi connectivity index (χ1n) is 9.20. The number of ketones is 2. The molecular formula is C25H15ClO4. The molecule has 0 N–H and O–H groups in total. The summed E-state index contributed by atoms with van der Waals surface area (Å²) in [6, 6.07) is 25.5. The van der Waals surface area contributed by atoms with E-state index in [1.165, 1.54) is 6.08 Å². The molecule has 0 atom stereocenters. The third-order valence-electron chi connectivity index (χ3n) is 4.85. The lowest BCUT2D eigenvalue weighted by Crippen LogP contribution is -3.00. The van der Waals surface area contributed by atoms with Crippen molar-refractivity contribution < 1.29 is 26.0 Å². The minimum absolute atomic E-state index is 0. The summed E-state index contributed by atoms with van der Waals surface area (Å²) in [5, 5.41) is 0.686. The first-order chi connectivity index (χ1) is 14.2. The van der Waals surface area contributed by atoms with Crippen LogP contribution < -0.4 is 18.0 Å². The molecule has 0 unspecified atom stereocenters. The molecule has 4 aromatic rings. The molecule has 5 rings (SSSR count). The van der Waals surface area contributed by atoms with Gasteiger partial charge < -0.3 is 16.8 Å². The molecule has 146 valence electrons. The van der Waals surface area contributed by atoms with Crippen molar-refractivity contribution in [3.05, 3.63) is 118 Å². The van der Waals surface area contributed by atoms with E-state index in [0.29, 0.717) is 33.6 Å². The van der Waals surface area contributed by atoms with Crippen LogP contribution in [0, 0.1) is 0 Å². The van der Waals surface area contributed by atoms with E-state index in [1.54, 1.807) is 36.4 Å². The predicted molar refractivity (Wildman–Crippen MR) is 111 cm³/mol. The topological polar surface area (TPSA) is 58.6 Å². The number of halogens is 1. The van der Waals surface area contributed by atoms with Gasteiger partial charge in [-0.15, -0.1) is 0 Å². The molecule has 0 aliphatic carbocycles. The van der Waals surface area contributed by atoms with Crippen LogP contribution in [0.4, 0.5) is 0 Å². The van der Waals surface area contributed by atoms with Crippen LogP contribution >= 0.6 is 0 Å². The summed E-state index contributed by atoms with van der Waals surface area (Å²) in [5.41, 5.74) is 1.92. The summed E-state index contributed by atoms with van der Waals surface area (Å²) < 4.78 is 11.7. The van der Waals surface area contributed by atoms with E-state index in [-0.39, 0.29) is 23.8 Å². The number of carbonyl (C=O) groups excluding carboxylic acids is 2. The molecule has 0 fully saturated rings. The van der Waals surface area contributed by atoms with Crippen LogP contribution in [-0.2, 0) is 0 Å². The van der Waals surface area contributed by atoms with Crippen LogP contribution in [0.25, 0.3) is 16.5 Å². The summed E-state index contributed by atoms with van der Waals surface area (Å²) in [7, 11) is 0. The number of fused-ring (bicyclic) bond motifs is 3. The number of carbonyl (C=O) groups is 1. The summed E-state index contributed by atoms with van der Waals surface area (Å²) in [4.78, 5) is 25.7. The lowest BCUT2D eigenvalue weighted by atomic mass is 9.96. The fourth-order valence-corrected chi connectivity index (χ4v) is 3.49. The molecular weight excluding hydrogens is 400 g/mol. The van der Waals surface area contributed by atoms with Gasteiger partial charge in [0.15, 0.2) is 11.3 Å². The molecule has 1 aliphatic rings. The lowest BCUT2D eigenvalue weighted by Gasteiger charge is -1.98. The van der Waals surface area contributed by atoms with Gasteiger partial charge in [0.1, 0.15) is 16.5 Å². The molecule has 2 heterocycles. The Morgan fingerprint density at radius 1 is 0.833 bits per heavy atom. The van der Waals surface area contributed by atoms with Crippen molar-refractivity contribution in [1.82, 2.24) is 0 Å². The van der Waals surface area contributed by atoms with Gasteiger partial charge in [-0.3, -0.25) is 4.79 Å². The Hall–Kier alpha value is -3.76. The van der Waals surface area contributed by atoms with Gasteiger partial charge in [0, 0.05) is 11.6 Å². The Kier molecular flexibility index (Phi) is 5.17. The van der Waals surface area contributed by atoms with Gasteiger partial charge in [-0.1, -0.05) is 60.7 Å². The molecule has 0 bridgehead atoms. The van der Waals surface area contributed by atoms with Gasteiger partial charge in [-0.2, -0.15) is 0 Å². The minimum Gasteiger partial charge on any atom is -1.00 e. The number of allylic oxidation sites excluding steroid dienone is 2. The van der Waals surface area contributed by atoms with Gasteiger partial charge >= 0.3 is 17.2 Å².